The molecular formula is C16H15NO3. The van der Waals surface area contributed by atoms with Gasteiger partial charge in [0.2, 0.25) is 0 Å². The molecule has 0 amide bonds. The molecule has 2 aromatic rings. The monoisotopic (exact) mass is 269 g/mol. The number of aliphatic hydroxyl groups is 1. The van der Waals surface area contributed by atoms with Gasteiger partial charge in [0.25, 0.3) is 0 Å². The summed E-state index contributed by atoms with van der Waals surface area (Å²) >= 11 is 0. The summed E-state index contributed by atoms with van der Waals surface area (Å²) < 4.78 is 7.52. The number of nitrogens with zero attached hydrogens (tertiary/aromatic N) is 1. The molecule has 0 saturated carbocycles. The zero-order chi connectivity index (χ0) is 14.2. The third-order valence-electron chi connectivity index (χ3n) is 2.62. The topological polar surface area (TPSA) is 51.5 Å². The molecule has 102 valence electrons. The van der Waals surface area contributed by atoms with E-state index in [2.05, 4.69) is 11.8 Å². The van der Waals surface area contributed by atoms with Gasteiger partial charge in [-0.2, -0.15) is 0 Å². The van der Waals surface area contributed by atoms with E-state index < -0.39 is 0 Å². The van der Waals surface area contributed by atoms with Crippen molar-refractivity contribution in [1.29, 1.82) is 0 Å². The molecular weight excluding hydrogens is 254 g/mol. The van der Waals surface area contributed by atoms with E-state index in [-0.39, 0.29) is 12.0 Å². The second kappa shape index (κ2) is 7.17. The lowest BCUT2D eigenvalue weighted by molar-refractivity contribution is 0.298. The maximum atomic E-state index is 11.0. The van der Waals surface area contributed by atoms with Gasteiger partial charge in [-0.25, -0.2) is 0 Å². The summed E-state index contributed by atoms with van der Waals surface area (Å²) in [6.45, 7) is 1.00. The van der Waals surface area contributed by atoms with Crippen LogP contribution in [0.25, 0.3) is 0 Å². The Morgan fingerprint density at radius 1 is 1.20 bits per heavy atom. The first kappa shape index (κ1) is 13.9. The van der Waals surface area contributed by atoms with Gasteiger partial charge in [0, 0.05) is 30.1 Å². The van der Waals surface area contributed by atoms with Gasteiger partial charge in [0.05, 0.1) is 6.54 Å². The Morgan fingerprint density at radius 2 is 2.00 bits per heavy atom. The Bertz CT molecular complexity index is 659. The van der Waals surface area contributed by atoms with E-state index in [9.17, 15) is 4.79 Å². The number of ether oxygens (including phenoxy) is 1. The van der Waals surface area contributed by atoms with Gasteiger partial charge < -0.3 is 14.4 Å². The fourth-order valence-corrected chi connectivity index (χ4v) is 1.67. The molecule has 2 rings (SSSR count). The summed E-state index contributed by atoms with van der Waals surface area (Å²) in [6.07, 6.45) is 3.46. The van der Waals surface area contributed by atoms with Crippen molar-refractivity contribution in [3.63, 3.8) is 0 Å². The van der Waals surface area contributed by atoms with Crippen LogP contribution in [0.15, 0.2) is 53.6 Å². The van der Waals surface area contributed by atoms with Crippen LogP contribution in [0.4, 0.5) is 0 Å². The fourth-order valence-electron chi connectivity index (χ4n) is 1.67. The molecule has 0 atom stereocenters. The average Bonchev–Trinajstić information content (AvgIpc) is 2.48. The summed E-state index contributed by atoms with van der Waals surface area (Å²) in [5, 5.41) is 8.65. The van der Waals surface area contributed by atoms with Gasteiger partial charge >= 0.3 is 0 Å². The van der Waals surface area contributed by atoms with E-state index in [4.69, 9.17) is 9.84 Å². The predicted molar refractivity (Wildman–Crippen MR) is 76.6 cm³/mol. The number of aliphatic hydroxyl groups excluding tert-OH is 1. The summed E-state index contributed by atoms with van der Waals surface area (Å²) in [5.74, 6) is 6.16. The van der Waals surface area contributed by atoms with Crippen molar-refractivity contribution in [1.82, 2.24) is 4.57 Å². The molecule has 0 radical (unpaired) electrons. The Morgan fingerprint density at radius 3 is 2.75 bits per heavy atom. The van der Waals surface area contributed by atoms with Crippen molar-refractivity contribution in [3.05, 3.63) is 64.6 Å². The number of aromatic nitrogens is 1. The van der Waals surface area contributed by atoms with Crippen LogP contribution in [0.2, 0.25) is 0 Å². The molecule has 0 saturated heterocycles. The number of hydrogen-bond donors (Lipinski definition) is 1. The third-order valence-corrected chi connectivity index (χ3v) is 2.62. The van der Waals surface area contributed by atoms with Crippen LogP contribution in [-0.4, -0.2) is 22.9 Å². The lowest BCUT2D eigenvalue weighted by atomic mass is 10.2. The molecule has 0 aliphatic carbocycles. The molecule has 0 spiro atoms. The largest absolute Gasteiger partial charge is 0.492 e. The van der Waals surface area contributed by atoms with E-state index in [1.807, 2.05) is 28.8 Å². The highest BCUT2D eigenvalue weighted by atomic mass is 16.5. The Kier molecular flexibility index (Phi) is 4.99. The molecule has 4 heteroatoms. The van der Waals surface area contributed by atoms with Gasteiger partial charge in [-0.3, -0.25) is 4.79 Å². The minimum atomic E-state index is -0.155. The van der Waals surface area contributed by atoms with Crippen molar-refractivity contribution in [2.45, 2.75) is 6.54 Å². The predicted octanol–water partition coefficient (Wildman–Crippen LogP) is 1.27. The molecule has 1 heterocycles. The van der Waals surface area contributed by atoms with Crippen molar-refractivity contribution in [2.24, 2.45) is 0 Å². The smallest absolute Gasteiger partial charge is 0.181 e. The molecule has 0 aliphatic rings. The van der Waals surface area contributed by atoms with Crippen molar-refractivity contribution in [2.75, 3.05) is 13.2 Å². The summed E-state index contributed by atoms with van der Waals surface area (Å²) in [5.41, 5.74) is 0.803. The van der Waals surface area contributed by atoms with Gasteiger partial charge in [0.1, 0.15) is 19.0 Å². The number of benzene rings is 1. The van der Waals surface area contributed by atoms with E-state index in [1.165, 1.54) is 12.1 Å². The van der Waals surface area contributed by atoms with Crippen LogP contribution in [0.3, 0.4) is 0 Å². The molecule has 1 aromatic heterocycles. The maximum absolute atomic E-state index is 11.0. The summed E-state index contributed by atoms with van der Waals surface area (Å²) in [4.78, 5) is 11.0. The van der Waals surface area contributed by atoms with Crippen LogP contribution in [0.1, 0.15) is 5.56 Å². The van der Waals surface area contributed by atoms with E-state index in [0.717, 1.165) is 11.3 Å². The molecule has 0 bridgehead atoms. The van der Waals surface area contributed by atoms with Crippen LogP contribution >= 0.6 is 0 Å². The van der Waals surface area contributed by atoms with Gasteiger partial charge in [0.15, 0.2) is 5.43 Å². The molecule has 20 heavy (non-hydrogen) atoms. The fraction of sp³-hybridized carbons (Fsp3) is 0.188. The quantitative estimate of drug-likeness (QED) is 0.850. The highest BCUT2D eigenvalue weighted by Gasteiger charge is 1.95. The highest BCUT2D eigenvalue weighted by Crippen LogP contribution is 2.12. The highest BCUT2D eigenvalue weighted by molar-refractivity contribution is 5.39. The zero-order valence-electron chi connectivity index (χ0n) is 11.0. The van der Waals surface area contributed by atoms with Crippen molar-refractivity contribution < 1.29 is 9.84 Å². The minimum Gasteiger partial charge on any atom is -0.492 e. The number of rotatable bonds is 4. The Labute approximate surface area is 117 Å². The molecule has 0 unspecified atom stereocenters. The van der Waals surface area contributed by atoms with E-state index in [0.29, 0.717) is 13.2 Å². The van der Waals surface area contributed by atoms with Crippen LogP contribution in [0.5, 0.6) is 5.75 Å². The third kappa shape index (κ3) is 4.30. The second-order valence-electron chi connectivity index (χ2n) is 4.11. The van der Waals surface area contributed by atoms with Crippen molar-refractivity contribution >= 4 is 0 Å². The molecule has 0 aliphatic heterocycles. The average molecular weight is 269 g/mol. The standard InChI is InChI=1S/C16H15NO3/c18-11-2-4-14-3-1-5-16(13-14)20-12-10-17-8-6-15(19)7-9-17/h1,3,5-9,13,18H,10-12H2. The summed E-state index contributed by atoms with van der Waals surface area (Å²) in [7, 11) is 0. The Balaban J connectivity index is 1.90. The number of hydrogen-bond acceptors (Lipinski definition) is 3. The van der Waals surface area contributed by atoms with Crippen LogP contribution in [0, 0.1) is 11.8 Å². The summed E-state index contributed by atoms with van der Waals surface area (Å²) in [6, 6.07) is 10.4. The van der Waals surface area contributed by atoms with Gasteiger partial charge in [-0.15, -0.1) is 0 Å². The first-order valence-electron chi connectivity index (χ1n) is 6.26. The second-order valence-corrected chi connectivity index (χ2v) is 4.11. The first-order chi connectivity index (χ1) is 9.78. The minimum absolute atomic E-state index is 0.00247. The number of pyridine rings is 1. The molecule has 0 fully saturated rings. The molecule has 1 aromatic carbocycles. The Hall–Kier alpha value is -2.51. The van der Waals surface area contributed by atoms with Gasteiger partial charge in [-0.05, 0) is 18.2 Å². The lowest BCUT2D eigenvalue weighted by Crippen LogP contribution is -2.10. The lowest BCUT2D eigenvalue weighted by Gasteiger charge is -2.08. The van der Waals surface area contributed by atoms with Crippen molar-refractivity contribution in [3.8, 4) is 17.6 Å². The van der Waals surface area contributed by atoms with E-state index >= 15 is 0 Å². The molecule has 4 nitrogen and oxygen atoms in total. The van der Waals surface area contributed by atoms with E-state index in [1.54, 1.807) is 12.4 Å². The van der Waals surface area contributed by atoms with Crippen LogP contribution in [-0.2, 0) is 6.54 Å². The van der Waals surface area contributed by atoms with Crippen LogP contribution < -0.4 is 10.2 Å². The normalized spacial score (nSPS) is 9.65. The SMILES string of the molecule is O=c1ccn(CCOc2cccc(C#CCO)c2)cc1. The zero-order valence-corrected chi connectivity index (χ0v) is 11.0. The molecule has 1 N–H and O–H groups in total. The maximum Gasteiger partial charge on any atom is 0.181 e. The first-order valence-corrected chi connectivity index (χ1v) is 6.26. The van der Waals surface area contributed by atoms with Gasteiger partial charge in [-0.1, -0.05) is 17.9 Å².